The van der Waals surface area contributed by atoms with Crippen molar-refractivity contribution in [2.45, 2.75) is 13.8 Å². The zero-order valence-electron chi connectivity index (χ0n) is 5.15. The highest BCUT2D eigenvalue weighted by Gasteiger charge is 2.01. The predicted molar refractivity (Wildman–Crippen MR) is 32.7 cm³/mol. The lowest BCUT2D eigenvalue weighted by atomic mass is 9.99. The van der Waals surface area contributed by atoms with Crippen LogP contribution in [0.15, 0.2) is 0 Å². The molecule has 0 fully saturated rings. The molecule has 0 amide bonds. The fourth-order valence-electron chi connectivity index (χ4n) is 0.232. The first-order valence-corrected chi connectivity index (χ1v) is 2.71. The molecule has 0 aromatic carbocycles. The molecule has 0 aliphatic carbocycles. The molecule has 0 aliphatic heterocycles. The second-order valence-electron chi connectivity index (χ2n) is 2.19. The summed E-state index contributed by atoms with van der Waals surface area (Å²) >= 11 is 0. The standard InChI is InChI=1S/C6H14N/c1-5(2)6(3)4-7/h5-6H,1,4,7H2,2-3H3. The summed E-state index contributed by atoms with van der Waals surface area (Å²) in [6.45, 7) is 8.77. The molecule has 0 aliphatic rings. The molecule has 1 nitrogen and oxygen atoms in total. The van der Waals surface area contributed by atoms with Crippen molar-refractivity contribution in [3.8, 4) is 0 Å². The van der Waals surface area contributed by atoms with Gasteiger partial charge in [0.25, 0.3) is 0 Å². The summed E-state index contributed by atoms with van der Waals surface area (Å²) in [5, 5.41) is 0. The van der Waals surface area contributed by atoms with Gasteiger partial charge in [-0.25, -0.2) is 0 Å². The number of hydrogen-bond acceptors (Lipinski definition) is 1. The Labute approximate surface area is 45.9 Å². The second kappa shape index (κ2) is 3.03. The lowest BCUT2D eigenvalue weighted by molar-refractivity contribution is 0.468. The summed E-state index contributed by atoms with van der Waals surface area (Å²) in [5.74, 6) is 1.06. The molecule has 0 aromatic rings. The minimum absolute atomic E-state index is 0.491. The van der Waals surface area contributed by atoms with Gasteiger partial charge in [-0.05, 0) is 18.4 Å². The zero-order chi connectivity index (χ0) is 5.86. The van der Waals surface area contributed by atoms with Crippen LogP contribution in [-0.4, -0.2) is 6.54 Å². The van der Waals surface area contributed by atoms with Gasteiger partial charge >= 0.3 is 0 Å². The van der Waals surface area contributed by atoms with Crippen LogP contribution in [0.25, 0.3) is 0 Å². The molecule has 0 spiro atoms. The fourth-order valence-corrected chi connectivity index (χ4v) is 0.232. The van der Waals surface area contributed by atoms with Gasteiger partial charge in [0.05, 0.1) is 0 Å². The highest BCUT2D eigenvalue weighted by Crippen LogP contribution is 2.05. The van der Waals surface area contributed by atoms with Crippen molar-refractivity contribution in [2.75, 3.05) is 6.54 Å². The highest BCUT2D eigenvalue weighted by molar-refractivity contribution is 4.62. The van der Waals surface area contributed by atoms with E-state index in [1.54, 1.807) is 0 Å². The third-order valence-corrected chi connectivity index (χ3v) is 1.34. The third-order valence-electron chi connectivity index (χ3n) is 1.34. The van der Waals surface area contributed by atoms with Crippen LogP contribution in [0, 0.1) is 18.8 Å². The Balaban J connectivity index is 3.14. The molecule has 0 saturated heterocycles. The molecular formula is C6H14N. The van der Waals surface area contributed by atoms with Crippen molar-refractivity contribution in [3.05, 3.63) is 6.92 Å². The Hall–Kier alpha value is -0.0400. The SMILES string of the molecule is [CH2]C(C)C(C)CN. The summed E-state index contributed by atoms with van der Waals surface area (Å²) in [5.41, 5.74) is 5.33. The van der Waals surface area contributed by atoms with Gasteiger partial charge in [-0.1, -0.05) is 20.8 Å². The summed E-state index contributed by atoms with van der Waals surface area (Å²) in [4.78, 5) is 0. The van der Waals surface area contributed by atoms with Gasteiger partial charge in [0.15, 0.2) is 0 Å². The highest BCUT2D eigenvalue weighted by atomic mass is 14.5. The lowest BCUT2D eigenvalue weighted by Crippen LogP contribution is -2.15. The Morgan fingerprint density at radius 3 is 2.00 bits per heavy atom. The molecule has 0 aromatic heterocycles. The quantitative estimate of drug-likeness (QED) is 0.551. The number of rotatable bonds is 2. The van der Waals surface area contributed by atoms with Crippen LogP contribution in [0.5, 0.6) is 0 Å². The van der Waals surface area contributed by atoms with Gasteiger partial charge in [-0.2, -0.15) is 0 Å². The monoisotopic (exact) mass is 100 g/mol. The van der Waals surface area contributed by atoms with E-state index < -0.39 is 0 Å². The maximum absolute atomic E-state index is 5.33. The molecule has 1 radical (unpaired) electrons. The van der Waals surface area contributed by atoms with Crippen molar-refractivity contribution in [3.63, 3.8) is 0 Å². The Morgan fingerprint density at radius 2 is 2.00 bits per heavy atom. The summed E-state index contributed by atoms with van der Waals surface area (Å²) < 4.78 is 0. The van der Waals surface area contributed by atoms with E-state index in [1.165, 1.54) is 0 Å². The van der Waals surface area contributed by atoms with E-state index in [2.05, 4.69) is 20.8 Å². The maximum Gasteiger partial charge on any atom is -0.00490 e. The largest absolute Gasteiger partial charge is 0.330 e. The summed E-state index contributed by atoms with van der Waals surface area (Å²) in [6, 6.07) is 0. The molecular weight excluding hydrogens is 86.1 g/mol. The van der Waals surface area contributed by atoms with Crippen LogP contribution >= 0.6 is 0 Å². The zero-order valence-corrected chi connectivity index (χ0v) is 5.15. The average molecular weight is 100 g/mol. The van der Waals surface area contributed by atoms with Gasteiger partial charge < -0.3 is 5.73 Å². The minimum atomic E-state index is 0.491. The molecule has 2 N–H and O–H groups in total. The first kappa shape index (κ1) is 6.96. The summed E-state index contributed by atoms with van der Waals surface area (Å²) in [7, 11) is 0. The molecule has 0 heterocycles. The number of hydrogen-bond donors (Lipinski definition) is 1. The van der Waals surface area contributed by atoms with Crippen LogP contribution < -0.4 is 5.73 Å². The molecule has 0 rings (SSSR count). The Kier molecular flexibility index (Phi) is 3.01. The molecule has 43 valence electrons. The van der Waals surface area contributed by atoms with Crippen molar-refractivity contribution < 1.29 is 0 Å². The normalized spacial score (nSPS) is 15.0. The number of nitrogens with two attached hydrogens (primary N) is 1. The van der Waals surface area contributed by atoms with Gasteiger partial charge in [0.2, 0.25) is 0 Å². The van der Waals surface area contributed by atoms with Gasteiger partial charge in [0, 0.05) is 0 Å². The van der Waals surface area contributed by atoms with E-state index in [0.717, 1.165) is 6.54 Å². The first-order valence-electron chi connectivity index (χ1n) is 2.71. The van der Waals surface area contributed by atoms with Gasteiger partial charge in [-0.15, -0.1) is 0 Å². The smallest absolute Gasteiger partial charge is 0.00490 e. The first-order chi connectivity index (χ1) is 3.18. The topological polar surface area (TPSA) is 26.0 Å². The predicted octanol–water partition coefficient (Wildman–Crippen LogP) is 1.05. The van der Waals surface area contributed by atoms with Crippen LogP contribution in [0.3, 0.4) is 0 Å². The molecule has 2 unspecified atom stereocenters. The molecule has 2 atom stereocenters. The average Bonchev–Trinajstić information content (AvgIpc) is 1.65. The second-order valence-corrected chi connectivity index (χ2v) is 2.19. The Bertz CT molecular complexity index is 41.4. The van der Waals surface area contributed by atoms with Crippen molar-refractivity contribution in [1.29, 1.82) is 0 Å². The van der Waals surface area contributed by atoms with E-state index in [-0.39, 0.29) is 0 Å². The lowest BCUT2D eigenvalue weighted by Gasteiger charge is -2.10. The van der Waals surface area contributed by atoms with Crippen LogP contribution in [0.1, 0.15) is 13.8 Å². The van der Waals surface area contributed by atoms with Crippen LogP contribution in [0.2, 0.25) is 0 Å². The van der Waals surface area contributed by atoms with E-state index in [1.807, 2.05) is 0 Å². The van der Waals surface area contributed by atoms with Gasteiger partial charge in [0.1, 0.15) is 0 Å². The van der Waals surface area contributed by atoms with Crippen molar-refractivity contribution >= 4 is 0 Å². The van der Waals surface area contributed by atoms with E-state index in [4.69, 9.17) is 5.73 Å². The van der Waals surface area contributed by atoms with E-state index in [0.29, 0.717) is 11.8 Å². The van der Waals surface area contributed by atoms with E-state index in [9.17, 15) is 0 Å². The van der Waals surface area contributed by atoms with E-state index >= 15 is 0 Å². The molecule has 7 heavy (non-hydrogen) atoms. The Morgan fingerprint density at radius 1 is 1.57 bits per heavy atom. The van der Waals surface area contributed by atoms with Gasteiger partial charge in [-0.3, -0.25) is 0 Å². The van der Waals surface area contributed by atoms with Crippen molar-refractivity contribution in [1.82, 2.24) is 0 Å². The van der Waals surface area contributed by atoms with Crippen molar-refractivity contribution in [2.24, 2.45) is 17.6 Å². The third kappa shape index (κ3) is 2.63. The maximum atomic E-state index is 5.33. The molecule has 1 heteroatoms. The minimum Gasteiger partial charge on any atom is -0.330 e. The fraction of sp³-hybridized carbons (Fsp3) is 0.833. The molecule has 0 saturated carbocycles. The van der Waals surface area contributed by atoms with Crippen LogP contribution in [0.4, 0.5) is 0 Å². The summed E-state index contributed by atoms with van der Waals surface area (Å²) in [6.07, 6.45) is 0. The molecule has 0 bridgehead atoms. The van der Waals surface area contributed by atoms with Crippen LogP contribution in [-0.2, 0) is 0 Å².